The van der Waals surface area contributed by atoms with Crippen LogP contribution in [0.5, 0.6) is 5.75 Å². The van der Waals surface area contributed by atoms with Crippen molar-refractivity contribution in [1.29, 1.82) is 0 Å². The molecule has 146 valence electrons. The molecule has 0 radical (unpaired) electrons. The molecule has 2 aromatic carbocycles. The maximum atomic E-state index is 11.1. The first kappa shape index (κ1) is 19.8. The van der Waals surface area contributed by atoms with Gasteiger partial charge < -0.3 is 10.4 Å². The molecular weight excluding hydrogens is 429 g/mol. The Hall–Kier alpha value is -2.53. The van der Waals surface area contributed by atoms with Gasteiger partial charge in [0.2, 0.25) is 0 Å². The van der Waals surface area contributed by atoms with Gasteiger partial charge in [-0.3, -0.25) is 4.98 Å². The van der Waals surface area contributed by atoms with E-state index in [0.717, 1.165) is 16.6 Å². The van der Waals surface area contributed by atoms with Crippen LogP contribution in [0.25, 0.3) is 10.9 Å². The van der Waals surface area contributed by atoms with Crippen molar-refractivity contribution in [2.45, 2.75) is 13.0 Å². The standard InChI is InChI=1S/C22H16Cl3N3O/c1-12-2-3-13-4-5-15(22(29)21(13)27-12)20(14-6-8-26-9-7-14)28-19-11-17(24)16(23)10-18(19)25/h2-11,20,28-29H,1H3. The molecule has 1 unspecified atom stereocenters. The van der Waals surface area contributed by atoms with Gasteiger partial charge in [0.1, 0.15) is 11.3 Å². The average Bonchev–Trinajstić information content (AvgIpc) is 2.71. The van der Waals surface area contributed by atoms with Gasteiger partial charge >= 0.3 is 0 Å². The molecule has 0 spiro atoms. The van der Waals surface area contributed by atoms with Gasteiger partial charge in [-0.15, -0.1) is 0 Å². The Labute approximate surface area is 183 Å². The molecule has 0 saturated heterocycles. The number of nitrogens with one attached hydrogen (secondary N) is 1. The third kappa shape index (κ3) is 3.97. The van der Waals surface area contributed by atoms with E-state index in [1.165, 1.54) is 0 Å². The molecule has 0 bridgehead atoms. The van der Waals surface area contributed by atoms with Gasteiger partial charge in [-0.05, 0) is 42.8 Å². The Balaban J connectivity index is 1.87. The maximum Gasteiger partial charge on any atom is 0.147 e. The first-order chi connectivity index (χ1) is 13.9. The number of anilines is 1. The Kier molecular flexibility index (Phi) is 5.50. The van der Waals surface area contributed by atoms with Gasteiger partial charge in [-0.1, -0.05) is 53.0 Å². The Bertz CT molecular complexity index is 1200. The predicted molar refractivity (Wildman–Crippen MR) is 119 cm³/mol. The fraction of sp³-hybridized carbons (Fsp3) is 0.0909. The van der Waals surface area contributed by atoms with Crippen LogP contribution in [-0.2, 0) is 0 Å². The molecule has 4 aromatic rings. The molecule has 0 amide bonds. The smallest absolute Gasteiger partial charge is 0.147 e. The van der Waals surface area contributed by atoms with E-state index in [1.54, 1.807) is 24.5 Å². The topological polar surface area (TPSA) is 58.0 Å². The van der Waals surface area contributed by atoms with Crippen LogP contribution >= 0.6 is 34.8 Å². The van der Waals surface area contributed by atoms with Gasteiger partial charge in [0.15, 0.2) is 0 Å². The van der Waals surface area contributed by atoms with E-state index in [9.17, 15) is 5.11 Å². The van der Waals surface area contributed by atoms with Crippen LogP contribution in [0.2, 0.25) is 15.1 Å². The van der Waals surface area contributed by atoms with E-state index < -0.39 is 6.04 Å². The highest BCUT2D eigenvalue weighted by Crippen LogP contribution is 2.39. The number of aromatic nitrogens is 2. The highest BCUT2D eigenvalue weighted by molar-refractivity contribution is 6.44. The number of nitrogens with zero attached hydrogens (tertiary/aromatic N) is 2. The third-order valence-corrected chi connectivity index (χ3v) is 5.70. The number of halogens is 3. The van der Waals surface area contributed by atoms with Crippen molar-refractivity contribution < 1.29 is 5.11 Å². The van der Waals surface area contributed by atoms with E-state index in [-0.39, 0.29) is 5.75 Å². The van der Waals surface area contributed by atoms with E-state index >= 15 is 0 Å². The number of aryl methyl sites for hydroxylation is 1. The second-order valence-electron chi connectivity index (χ2n) is 6.63. The van der Waals surface area contributed by atoms with Gasteiger partial charge in [0.25, 0.3) is 0 Å². The van der Waals surface area contributed by atoms with Crippen LogP contribution in [0.1, 0.15) is 22.9 Å². The normalized spacial score (nSPS) is 12.1. The minimum absolute atomic E-state index is 0.108. The van der Waals surface area contributed by atoms with E-state index in [4.69, 9.17) is 34.8 Å². The summed E-state index contributed by atoms with van der Waals surface area (Å²) >= 11 is 18.6. The van der Waals surface area contributed by atoms with Gasteiger partial charge in [0, 0.05) is 29.0 Å². The Morgan fingerprint density at radius 3 is 2.34 bits per heavy atom. The number of fused-ring (bicyclic) bond motifs is 1. The minimum Gasteiger partial charge on any atom is -0.505 e. The van der Waals surface area contributed by atoms with Crippen molar-refractivity contribution in [2.75, 3.05) is 5.32 Å². The molecular formula is C22H16Cl3N3O. The zero-order chi connectivity index (χ0) is 20.5. The van der Waals surface area contributed by atoms with Crippen molar-refractivity contribution in [2.24, 2.45) is 0 Å². The number of hydrogen-bond acceptors (Lipinski definition) is 4. The summed E-state index contributed by atoms with van der Waals surface area (Å²) in [6.07, 6.45) is 3.39. The highest BCUT2D eigenvalue weighted by atomic mass is 35.5. The molecule has 2 N–H and O–H groups in total. The van der Waals surface area contributed by atoms with E-state index in [0.29, 0.717) is 31.8 Å². The van der Waals surface area contributed by atoms with Gasteiger partial charge in [-0.2, -0.15) is 0 Å². The van der Waals surface area contributed by atoms with Crippen LogP contribution in [0.3, 0.4) is 0 Å². The molecule has 29 heavy (non-hydrogen) atoms. The number of rotatable bonds is 4. The number of phenols is 1. The molecule has 0 fully saturated rings. The summed E-state index contributed by atoms with van der Waals surface area (Å²) < 4.78 is 0. The average molecular weight is 445 g/mol. The van der Waals surface area contributed by atoms with Crippen molar-refractivity contribution in [3.05, 3.63) is 92.8 Å². The quantitative estimate of drug-likeness (QED) is 0.340. The molecule has 0 saturated carbocycles. The lowest BCUT2D eigenvalue weighted by atomic mass is 9.96. The monoisotopic (exact) mass is 443 g/mol. The first-order valence-electron chi connectivity index (χ1n) is 8.84. The minimum atomic E-state index is -0.417. The summed E-state index contributed by atoms with van der Waals surface area (Å²) in [4.78, 5) is 8.60. The van der Waals surface area contributed by atoms with Gasteiger partial charge in [0.05, 0.1) is 26.8 Å². The van der Waals surface area contributed by atoms with Gasteiger partial charge in [-0.25, -0.2) is 4.98 Å². The zero-order valence-electron chi connectivity index (χ0n) is 15.3. The van der Waals surface area contributed by atoms with E-state index in [2.05, 4.69) is 15.3 Å². The second kappa shape index (κ2) is 8.07. The molecule has 2 heterocycles. The summed E-state index contributed by atoms with van der Waals surface area (Å²) in [6.45, 7) is 1.89. The van der Waals surface area contributed by atoms with Crippen LogP contribution in [0.4, 0.5) is 5.69 Å². The number of phenolic OH excluding ortho intramolecular Hbond substituents is 1. The lowest BCUT2D eigenvalue weighted by molar-refractivity contribution is 0.471. The number of hydrogen-bond donors (Lipinski definition) is 2. The van der Waals surface area contributed by atoms with Crippen LogP contribution in [-0.4, -0.2) is 15.1 Å². The fourth-order valence-electron chi connectivity index (χ4n) is 3.21. The number of benzene rings is 2. The van der Waals surface area contributed by atoms with Crippen molar-refractivity contribution in [3.8, 4) is 5.75 Å². The Morgan fingerprint density at radius 1 is 0.897 bits per heavy atom. The SMILES string of the molecule is Cc1ccc2ccc(C(Nc3cc(Cl)c(Cl)cc3Cl)c3ccncc3)c(O)c2n1. The largest absolute Gasteiger partial charge is 0.505 e. The molecule has 0 aliphatic rings. The predicted octanol–water partition coefficient (Wildman–Crippen LogP) is 6.81. The first-order valence-corrected chi connectivity index (χ1v) is 9.97. The molecule has 0 aliphatic carbocycles. The molecule has 2 aromatic heterocycles. The van der Waals surface area contributed by atoms with Crippen molar-refractivity contribution in [1.82, 2.24) is 9.97 Å². The summed E-state index contributed by atoms with van der Waals surface area (Å²) in [6, 6.07) is 14.2. The zero-order valence-corrected chi connectivity index (χ0v) is 17.6. The van der Waals surface area contributed by atoms with Crippen LogP contribution < -0.4 is 5.32 Å². The fourth-order valence-corrected chi connectivity index (χ4v) is 3.81. The molecule has 4 nitrogen and oxygen atoms in total. The second-order valence-corrected chi connectivity index (χ2v) is 7.85. The number of pyridine rings is 2. The van der Waals surface area contributed by atoms with E-state index in [1.807, 2.05) is 43.3 Å². The van der Waals surface area contributed by atoms with Crippen molar-refractivity contribution >= 4 is 51.4 Å². The maximum absolute atomic E-state index is 11.1. The third-order valence-electron chi connectivity index (χ3n) is 4.67. The number of aromatic hydroxyl groups is 1. The summed E-state index contributed by atoms with van der Waals surface area (Å²) in [5.74, 6) is 0.108. The lowest BCUT2D eigenvalue weighted by Crippen LogP contribution is -2.13. The highest BCUT2D eigenvalue weighted by Gasteiger charge is 2.21. The summed E-state index contributed by atoms with van der Waals surface area (Å²) in [5.41, 5.74) is 3.52. The van der Waals surface area contributed by atoms with Crippen LogP contribution in [0.15, 0.2) is 60.9 Å². The lowest BCUT2D eigenvalue weighted by Gasteiger charge is -2.23. The molecule has 7 heteroatoms. The van der Waals surface area contributed by atoms with Crippen molar-refractivity contribution in [3.63, 3.8) is 0 Å². The molecule has 1 atom stereocenters. The van der Waals surface area contributed by atoms with Crippen LogP contribution in [0, 0.1) is 6.92 Å². The Morgan fingerprint density at radius 2 is 1.59 bits per heavy atom. The summed E-state index contributed by atoms with van der Waals surface area (Å²) in [7, 11) is 0. The molecule has 4 rings (SSSR count). The summed E-state index contributed by atoms with van der Waals surface area (Å²) in [5, 5.41) is 16.5. The molecule has 0 aliphatic heterocycles.